The molecule has 5 rings (SSSR count). The molecule has 3 aliphatic rings. The summed E-state index contributed by atoms with van der Waals surface area (Å²) in [5.74, 6) is 1.26. The van der Waals surface area contributed by atoms with Gasteiger partial charge in [0.1, 0.15) is 0 Å². The molecule has 0 aromatic heterocycles. The van der Waals surface area contributed by atoms with Crippen LogP contribution in [0.15, 0.2) is 70.8 Å². The fraction of sp³-hybridized carbons (Fsp3) is 0.370. The fourth-order valence-corrected chi connectivity index (χ4v) is 17.1. The van der Waals surface area contributed by atoms with Crippen LogP contribution in [0.2, 0.25) is 16.8 Å². The van der Waals surface area contributed by atoms with E-state index in [0.29, 0.717) is 15.5 Å². The van der Waals surface area contributed by atoms with E-state index in [2.05, 4.69) is 68.5 Å². The number of fused-ring (bicyclic) bond motifs is 3. The van der Waals surface area contributed by atoms with Gasteiger partial charge in [-0.1, -0.05) is 0 Å². The molecule has 0 aliphatic heterocycles. The van der Waals surface area contributed by atoms with E-state index >= 15 is 0 Å². The first-order chi connectivity index (χ1) is 15.5. The van der Waals surface area contributed by atoms with Crippen molar-refractivity contribution in [3.05, 3.63) is 82.0 Å². The molecule has 0 spiro atoms. The zero-order chi connectivity index (χ0) is 22.6. The molecule has 3 aliphatic carbocycles. The van der Waals surface area contributed by atoms with Crippen LogP contribution in [0, 0.1) is 5.92 Å². The van der Waals surface area contributed by atoms with Gasteiger partial charge in [0.05, 0.1) is 0 Å². The van der Waals surface area contributed by atoms with E-state index in [-0.39, 0.29) is 5.92 Å². The van der Waals surface area contributed by atoms with Gasteiger partial charge in [0.15, 0.2) is 0 Å². The van der Waals surface area contributed by atoms with Crippen LogP contribution in [-0.4, -0.2) is 19.5 Å². The minimum absolute atomic E-state index is 0.255. The van der Waals surface area contributed by atoms with Gasteiger partial charge in [0.25, 0.3) is 0 Å². The molecule has 0 nitrogen and oxygen atoms in total. The Morgan fingerprint density at radius 1 is 0.906 bits per heavy atom. The molecule has 0 saturated carbocycles. The monoisotopic (exact) mass is 665 g/mol. The molecule has 0 heterocycles. The summed E-state index contributed by atoms with van der Waals surface area (Å²) in [6.07, 6.45) is 3.53. The van der Waals surface area contributed by atoms with Crippen LogP contribution in [0.25, 0.3) is 11.1 Å². The van der Waals surface area contributed by atoms with Crippen molar-refractivity contribution in [2.45, 2.75) is 48.9 Å². The van der Waals surface area contributed by atoms with Crippen LogP contribution in [0.4, 0.5) is 0 Å². The topological polar surface area (TPSA) is 0 Å². The Labute approximate surface area is 213 Å². The van der Waals surface area contributed by atoms with E-state index in [1.807, 2.05) is 0 Å². The number of benzene rings is 2. The summed E-state index contributed by atoms with van der Waals surface area (Å²) in [4.78, 5) is 0. The number of allylic oxidation sites excluding steroid dienone is 4. The van der Waals surface area contributed by atoms with E-state index in [1.165, 1.54) is 51.8 Å². The Kier molecular flexibility index (Phi) is 6.91. The number of hydrogen-bond donors (Lipinski definition) is 0. The van der Waals surface area contributed by atoms with E-state index in [0.717, 1.165) is 6.42 Å². The van der Waals surface area contributed by atoms with E-state index in [4.69, 9.17) is 28.8 Å². The number of halogens is 3. The van der Waals surface area contributed by atoms with Crippen LogP contribution in [0.1, 0.15) is 43.2 Å². The molecule has 5 heteroatoms. The summed E-state index contributed by atoms with van der Waals surface area (Å²) >= 11 is 4.04. The second-order valence-electron chi connectivity index (χ2n) is 9.45. The average Bonchev–Trinajstić information content (AvgIpc) is 3.16. The maximum atomic E-state index is 6.89. The second-order valence-corrected chi connectivity index (χ2v) is 24.8. The van der Waals surface area contributed by atoms with Crippen LogP contribution >= 0.6 is 28.8 Å². The normalized spacial score (nSPS) is 22.6. The third kappa shape index (κ3) is 3.68. The molecule has 2 unspecified atom stereocenters. The first-order valence-corrected chi connectivity index (χ1v) is 25.5. The molecule has 0 radical (unpaired) electrons. The quantitative estimate of drug-likeness (QED) is 0.228. The molecule has 32 heavy (non-hydrogen) atoms. The van der Waals surface area contributed by atoms with Crippen LogP contribution < -0.4 is 0 Å². The van der Waals surface area contributed by atoms with Crippen molar-refractivity contribution in [3.63, 3.8) is 0 Å². The van der Waals surface area contributed by atoms with Gasteiger partial charge in [-0.25, -0.2) is 0 Å². The molecule has 0 bridgehead atoms. The van der Waals surface area contributed by atoms with Gasteiger partial charge < -0.3 is 0 Å². The Morgan fingerprint density at radius 2 is 1.50 bits per heavy atom. The summed E-state index contributed by atoms with van der Waals surface area (Å²) in [7, 11) is 13.2. The van der Waals surface area contributed by atoms with Crippen molar-refractivity contribution in [2.24, 2.45) is 5.92 Å². The molecule has 2 aromatic carbocycles. The zero-order valence-electron chi connectivity index (χ0n) is 18.8. The predicted octanol–water partition coefficient (Wildman–Crippen LogP) is 8.69. The van der Waals surface area contributed by atoms with Crippen molar-refractivity contribution in [2.75, 3.05) is 5.88 Å². The fourth-order valence-electron chi connectivity index (χ4n) is 6.38. The predicted molar refractivity (Wildman–Crippen MR) is 139 cm³/mol. The standard InChI is InChI=1S/C27H28ClSi.2ClH.Hf/c1-17-15-18-9-8-14-24(29(2)3)23(16-28)26(18)25(17)27-21-12-6-4-10-19(21)20-11-5-7-13-22(20)27;;;/h4-7,10-13,15,23,27H,8-9,14,16H2,1-3H3;2*1H;/q;;;+2/p-2. The number of hydrogen-bond acceptors (Lipinski definition) is 0. The zero-order valence-corrected chi connectivity index (χ0v) is 25.7. The SMILES string of the molecule is CC1=C(C2c3ccccc3-c3ccccc32)C2=C(CCCC(=[Si](C)C)C2CCl)[CH]1[Hf]([Cl])[Cl]. The Bertz CT molecular complexity index is 1130. The molecule has 0 fully saturated rings. The third-order valence-electron chi connectivity index (χ3n) is 7.64. The van der Waals surface area contributed by atoms with Crippen molar-refractivity contribution >= 4 is 42.3 Å². The maximum absolute atomic E-state index is 6.89. The number of alkyl halides is 1. The first-order valence-electron chi connectivity index (χ1n) is 11.5. The Hall–Kier alpha value is -0.253. The van der Waals surface area contributed by atoms with Crippen molar-refractivity contribution < 1.29 is 19.1 Å². The van der Waals surface area contributed by atoms with Gasteiger partial charge in [0.2, 0.25) is 0 Å². The average molecular weight is 665 g/mol. The van der Waals surface area contributed by atoms with Crippen LogP contribution in [0.5, 0.6) is 0 Å². The molecule has 2 aromatic rings. The van der Waals surface area contributed by atoms with Crippen molar-refractivity contribution in [1.82, 2.24) is 0 Å². The van der Waals surface area contributed by atoms with E-state index in [1.54, 1.807) is 10.7 Å². The summed E-state index contributed by atoms with van der Waals surface area (Å²) in [6.45, 7) is 7.18. The molecular formula is C27H28Cl3HfSi. The first kappa shape index (κ1) is 23.5. The molecule has 165 valence electrons. The minimum atomic E-state index is -2.75. The van der Waals surface area contributed by atoms with Crippen LogP contribution in [0.3, 0.4) is 0 Å². The summed E-state index contributed by atoms with van der Waals surface area (Å²) < 4.78 is 0.308. The van der Waals surface area contributed by atoms with Gasteiger partial charge in [0, 0.05) is 0 Å². The van der Waals surface area contributed by atoms with Gasteiger partial charge in [-0.05, 0) is 0 Å². The Morgan fingerprint density at radius 3 is 2.03 bits per heavy atom. The summed E-state index contributed by atoms with van der Waals surface area (Å²) in [6, 6.07) is 17.9. The third-order valence-corrected chi connectivity index (χ3v) is 17.8. The van der Waals surface area contributed by atoms with Gasteiger partial charge in [-0.2, -0.15) is 0 Å². The molecule has 0 N–H and O–H groups in total. The van der Waals surface area contributed by atoms with Gasteiger partial charge in [-0.15, -0.1) is 0 Å². The molecule has 0 amide bonds. The molecular weight excluding hydrogens is 637 g/mol. The Balaban J connectivity index is 1.80. The van der Waals surface area contributed by atoms with Gasteiger partial charge >= 0.3 is 215 Å². The molecule has 2 atom stereocenters. The van der Waals surface area contributed by atoms with Crippen molar-refractivity contribution in [3.8, 4) is 11.1 Å². The van der Waals surface area contributed by atoms with Gasteiger partial charge in [-0.3, -0.25) is 0 Å². The second kappa shape index (κ2) is 9.42. The van der Waals surface area contributed by atoms with Crippen molar-refractivity contribution in [1.29, 1.82) is 0 Å². The van der Waals surface area contributed by atoms with Crippen LogP contribution in [-0.2, 0) is 19.1 Å². The number of rotatable bonds is 3. The van der Waals surface area contributed by atoms with E-state index in [9.17, 15) is 0 Å². The summed E-state index contributed by atoms with van der Waals surface area (Å²) in [5.41, 5.74) is 11.6. The van der Waals surface area contributed by atoms with E-state index < -0.39 is 27.5 Å². The summed E-state index contributed by atoms with van der Waals surface area (Å²) in [5, 5.41) is 1.71. The molecule has 0 saturated heterocycles.